The molecule has 0 aliphatic carbocycles. The number of carbonyl (C=O) groups excluding carboxylic acids is 1. The number of nitrogens with one attached hydrogen (secondary N) is 2. The number of carbonyl (C=O) groups is 2. The van der Waals surface area contributed by atoms with E-state index in [9.17, 15) is 22.8 Å². The summed E-state index contributed by atoms with van der Waals surface area (Å²) in [6, 6.07) is 5.07. The summed E-state index contributed by atoms with van der Waals surface area (Å²) in [7, 11) is 0. The van der Waals surface area contributed by atoms with E-state index in [4.69, 9.17) is 5.11 Å². The minimum absolute atomic E-state index is 0.0224. The highest BCUT2D eigenvalue weighted by Crippen LogP contribution is 2.29. The second-order valence-corrected chi connectivity index (χ2v) is 6.73. The van der Waals surface area contributed by atoms with Gasteiger partial charge >= 0.3 is 12.3 Å². The third-order valence-corrected chi connectivity index (χ3v) is 4.48. The molecule has 0 bridgehead atoms. The van der Waals surface area contributed by atoms with Crippen LogP contribution in [0.4, 0.5) is 24.0 Å². The number of aliphatic carboxylic acids is 1. The maximum absolute atomic E-state index is 12.1. The van der Waals surface area contributed by atoms with Crippen molar-refractivity contribution in [2.75, 3.05) is 17.6 Å². The first kappa shape index (κ1) is 19.8. The average molecular weight is 408 g/mol. The van der Waals surface area contributed by atoms with Gasteiger partial charge in [-0.25, -0.2) is 0 Å². The highest BCUT2D eigenvalue weighted by atomic mass is 32.2. The molecule has 0 fully saturated rings. The predicted molar refractivity (Wildman–Crippen MR) is 87.7 cm³/mol. The fraction of sp³-hybridized carbons (Fsp3) is 0.231. The van der Waals surface area contributed by atoms with Crippen LogP contribution in [-0.4, -0.2) is 45.8 Å². The van der Waals surface area contributed by atoms with Crippen LogP contribution in [0.1, 0.15) is 0 Å². The molecule has 1 aromatic heterocycles. The van der Waals surface area contributed by atoms with Crippen molar-refractivity contribution in [3.63, 3.8) is 0 Å². The van der Waals surface area contributed by atoms with Crippen molar-refractivity contribution in [2.45, 2.75) is 10.7 Å². The molecule has 3 N–H and O–H groups in total. The van der Waals surface area contributed by atoms with Crippen LogP contribution in [0.25, 0.3) is 0 Å². The van der Waals surface area contributed by atoms with Gasteiger partial charge in [0.2, 0.25) is 11.0 Å². The Kier molecular flexibility index (Phi) is 6.63. The van der Waals surface area contributed by atoms with Gasteiger partial charge in [-0.2, -0.15) is 0 Å². The maximum atomic E-state index is 12.1. The number of nitrogens with zero attached hydrogens (tertiary/aromatic N) is 2. The quantitative estimate of drug-likeness (QED) is 0.571. The van der Waals surface area contributed by atoms with E-state index in [1.54, 1.807) is 0 Å². The number of rotatable bonds is 8. The number of anilines is 2. The summed E-state index contributed by atoms with van der Waals surface area (Å²) in [6.07, 6.45) is -4.75. The number of thioether (sulfide) groups is 1. The van der Waals surface area contributed by atoms with Crippen molar-refractivity contribution >= 4 is 45.8 Å². The first-order valence-electron chi connectivity index (χ1n) is 6.79. The predicted octanol–water partition coefficient (Wildman–Crippen LogP) is 2.47. The normalized spacial score (nSPS) is 11.0. The van der Waals surface area contributed by atoms with Crippen LogP contribution in [0, 0.1) is 0 Å². The summed E-state index contributed by atoms with van der Waals surface area (Å²) in [6.45, 7) is -0.462. The van der Waals surface area contributed by atoms with Crippen molar-refractivity contribution in [3.8, 4) is 5.75 Å². The lowest BCUT2D eigenvalue weighted by molar-refractivity contribution is -0.274. The third-order valence-electron chi connectivity index (χ3n) is 2.51. The molecule has 0 saturated carbocycles. The Morgan fingerprint density at radius 3 is 2.54 bits per heavy atom. The summed E-state index contributed by atoms with van der Waals surface area (Å²) in [4.78, 5) is 21.7. The molecule has 1 amide bonds. The molecule has 0 radical (unpaired) electrons. The lowest BCUT2D eigenvalue weighted by Crippen LogP contribution is -2.30. The lowest BCUT2D eigenvalue weighted by Gasteiger charge is -2.09. The minimum Gasteiger partial charge on any atom is -0.480 e. The van der Waals surface area contributed by atoms with Crippen LogP contribution in [0.3, 0.4) is 0 Å². The molecule has 8 nitrogen and oxygen atoms in total. The summed E-state index contributed by atoms with van der Waals surface area (Å²) in [5, 5.41) is 21.6. The van der Waals surface area contributed by atoms with E-state index in [1.807, 2.05) is 0 Å². The zero-order chi connectivity index (χ0) is 19.2. The molecule has 0 saturated heterocycles. The fourth-order valence-corrected chi connectivity index (χ4v) is 3.14. The third kappa shape index (κ3) is 7.14. The van der Waals surface area contributed by atoms with Gasteiger partial charge < -0.3 is 20.5 Å². The van der Waals surface area contributed by atoms with Crippen LogP contribution >= 0.6 is 23.1 Å². The van der Waals surface area contributed by atoms with Gasteiger partial charge in [0.05, 0.1) is 5.75 Å². The van der Waals surface area contributed by atoms with Gasteiger partial charge in [-0.05, 0) is 24.3 Å². The van der Waals surface area contributed by atoms with Gasteiger partial charge in [-0.15, -0.1) is 23.4 Å². The van der Waals surface area contributed by atoms with Crippen molar-refractivity contribution in [1.82, 2.24) is 15.5 Å². The van der Waals surface area contributed by atoms with Gasteiger partial charge in [0.15, 0.2) is 4.34 Å². The van der Waals surface area contributed by atoms with Gasteiger partial charge in [-0.3, -0.25) is 9.59 Å². The van der Waals surface area contributed by atoms with E-state index in [-0.39, 0.29) is 11.5 Å². The number of hydrogen-bond acceptors (Lipinski definition) is 8. The average Bonchev–Trinajstić information content (AvgIpc) is 2.99. The molecular weight excluding hydrogens is 397 g/mol. The van der Waals surface area contributed by atoms with E-state index in [2.05, 4.69) is 25.6 Å². The number of carboxylic acid groups (broad SMARTS) is 1. The molecule has 2 aromatic rings. The van der Waals surface area contributed by atoms with Gasteiger partial charge in [0.1, 0.15) is 12.3 Å². The zero-order valence-corrected chi connectivity index (χ0v) is 14.4. The number of halogens is 3. The lowest BCUT2D eigenvalue weighted by atomic mass is 10.3. The molecule has 1 aromatic carbocycles. The number of amides is 1. The summed E-state index contributed by atoms with van der Waals surface area (Å²) >= 11 is 2.21. The molecule has 0 unspecified atom stereocenters. The topological polar surface area (TPSA) is 113 Å². The molecule has 13 heteroatoms. The summed E-state index contributed by atoms with van der Waals surface area (Å²) < 4.78 is 40.5. The Bertz CT molecular complexity index is 767. The first-order chi connectivity index (χ1) is 12.2. The number of alkyl halides is 3. The Morgan fingerprint density at radius 1 is 1.23 bits per heavy atom. The largest absolute Gasteiger partial charge is 0.573 e. The highest BCUT2D eigenvalue weighted by molar-refractivity contribution is 8.01. The number of carboxylic acids is 1. The molecule has 0 aliphatic heterocycles. The van der Waals surface area contributed by atoms with Gasteiger partial charge in [0, 0.05) is 5.69 Å². The van der Waals surface area contributed by atoms with E-state index in [0.29, 0.717) is 15.2 Å². The highest BCUT2D eigenvalue weighted by Gasteiger charge is 2.30. The fourth-order valence-electron chi connectivity index (χ4n) is 1.53. The second-order valence-electron chi connectivity index (χ2n) is 4.53. The molecule has 1 heterocycles. The number of aromatic nitrogens is 2. The summed E-state index contributed by atoms with van der Waals surface area (Å²) in [5.74, 6) is -1.96. The Morgan fingerprint density at radius 2 is 1.92 bits per heavy atom. The molecule has 0 spiro atoms. The Balaban J connectivity index is 1.84. The minimum atomic E-state index is -4.75. The van der Waals surface area contributed by atoms with Crippen molar-refractivity contribution in [3.05, 3.63) is 24.3 Å². The van der Waals surface area contributed by atoms with Crippen LogP contribution in [0.15, 0.2) is 28.6 Å². The van der Waals surface area contributed by atoms with E-state index >= 15 is 0 Å². The van der Waals surface area contributed by atoms with Crippen LogP contribution in [0.5, 0.6) is 5.75 Å². The van der Waals surface area contributed by atoms with Gasteiger partial charge in [0.25, 0.3) is 0 Å². The van der Waals surface area contributed by atoms with E-state index in [1.165, 1.54) is 12.1 Å². The number of benzene rings is 1. The first-order valence-corrected chi connectivity index (χ1v) is 8.59. The standard InChI is InChI=1S/C13H11F3N4O4S2/c14-13(15,16)24-8-3-1-7(2-4-8)18-11-19-20-12(26-11)25-6-9(21)17-5-10(22)23/h1-4H,5-6H2,(H,17,21)(H,18,19)(H,22,23). The van der Waals surface area contributed by atoms with Gasteiger partial charge in [-0.1, -0.05) is 23.1 Å². The number of hydrogen-bond donors (Lipinski definition) is 3. The molecule has 26 heavy (non-hydrogen) atoms. The Hall–Kier alpha value is -2.54. The molecule has 0 atom stereocenters. The van der Waals surface area contributed by atoms with E-state index in [0.717, 1.165) is 35.2 Å². The van der Waals surface area contributed by atoms with Crippen LogP contribution in [-0.2, 0) is 9.59 Å². The summed E-state index contributed by atoms with van der Waals surface area (Å²) in [5.41, 5.74) is 0.478. The zero-order valence-electron chi connectivity index (χ0n) is 12.7. The Labute approximate surface area is 152 Å². The van der Waals surface area contributed by atoms with Crippen molar-refractivity contribution in [1.29, 1.82) is 0 Å². The SMILES string of the molecule is O=C(O)CNC(=O)CSc1nnc(Nc2ccc(OC(F)(F)F)cc2)s1. The smallest absolute Gasteiger partial charge is 0.480 e. The van der Waals surface area contributed by atoms with Crippen LogP contribution < -0.4 is 15.4 Å². The molecule has 140 valence electrons. The number of ether oxygens (including phenoxy) is 1. The maximum Gasteiger partial charge on any atom is 0.573 e. The van der Waals surface area contributed by atoms with E-state index < -0.39 is 24.8 Å². The van der Waals surface area contributed by atoms with Crippen LogP contribution in [0.2, 0.25) is 0 Å². The van der Waals surface area contributed by atoms with Crippen molar-refractivity contribution < 1.29 is 32.6 Å². The molecule has 0 aliphatic rings. The molecule has 2 rings (SSSR count). The van der Waals surface area contributed by atoms with Crippen molar-refractivity contribution in [2.24, 2.45) is 0 Å². The monoisotopic (exact) mass is 408 g/mol. The molecular formula is C13H11F3N4O4S2. The second kappa shape index (κ2) is 8.71.